The van der Waals surface area contributed by atoms with E-state index in [9.17, 15) is 0 Å². The summed E-state index contributed by atoms with van der Waals surface area (Å²) in [5, 5.41) is 0. The van der Waals surface area contributed by atoms with E-state index < -0.39 is 0 Å². The zero-order valence-corrected chi connectivity index (χ0v) is 5.61. The van der Waals surface area contributed by atoms with Crippen molar-refractivity contribution in [1.29, 1.82) is 0 Å². The average Bonchev–Trinajstić information content (AvgIpc) is 1.94. The van der Waals surface area contributed by atoms with Crippen LogP contribution in [-0.2, 0) is 0 Å². The molecule has 0 aliphatic heterocycles. The lowest BCUT2D eigenvalue weighted by Gasteiger charge is -1.91. The molecule has 0 saturated carbocycles. The van der Waals surface area contributed by atoms with Crippen molar-refractivity contribution in [2.75, 3.05) is 0 Å². The summed E-state index contributed by atoms with van der Waals surface area (Å²) in [6.07, 6.45) is 9.33. The maximum Gasteiger partial charge on any atom is -0.0323 e. The number of hydrogen-bond donors (Lipinski definition) is 0. The van der Waals surface area contributed by atoms with E-state index in [0.29, 0.717) is 0 Å². The van der Waals surface area contributed by atoms with Crippen LogP contribution >= 0.6 is 0 Å². The summed E-state index contributed by atoms with van der Waals surface area (Å²) in [6.45, 7) is 2.24. The third kappa shape index (κ3) is 1.69. The van der Waals surface area contributed by atoms with E-state index >= 15 is 0 Å². The van der Waals surface area contributed by atoms with Gasteiger partial charge in [-0.05, 0) is 32.6 Å². The first kappa shape index (κ1) is 5.87. The van der Waals surface area contributed by atoms with Gasteiger partial charge in [0.2, 0.25) is 0 Å². The van der Waals surface area contributed by atoms with Crippen molar-refractivity contribution >= 4 is 0 Å². The molecule has 0 nitrogen and oxygen atoms in total. The lowest BCUT2D eigenvalue weighted by atomic mass is 10.2. The van der Waals surface area contributed by atoms with Crippen LogP contribution in [0.4, 0.5) is 0 Å². The van der Waals surface area contributed by atoms with Crippen LogP contribution in [0.2, 0.25) is 0 Å². The van der Waals surface area contributed by atoms with Gasteiger partial charge in [0.25, 0.3) is 0 Å². The van der Waals surface area contributed by atoms with Gasteiger partial charge in [0.05, 0.1) is 0 Å². The molecule has 0 bridgehead atoms. The molecule has 0 fully saturated rings. The number of rotatable bonds is 0. The molecule has 0 radical (unpaired) electrons. The van der Waals surface area contributed by atoms with Gasteiger partial charge < -0.3 is 0 Å². The molecule has 0 N–H and O–H groups in total. The quantitative estimate of drug-likeness (QED) is 0.420. The Morgan fingerprint density at radius 1 is 1.25 bits per heavy atom. The molecule has 46 valence electrons. The number of hydrogen-bond acceptors (Lipinski definition) is 0. The average molecular weight is 110 g/mol. The maximum absolute atomic E-state index is 2.38. The molecule has 0 unspecified atom stereocenters. The second-order valence-electron chi connectivity index (χ2n) is 2.65. The third-order valence-corrected chi connectivity index (χ3v) is 1.77. The van der Waals surface area contributed by atoms with Crippen molar-refractivity contribution in [3.63, 3.8) is 0 Å². The van der Waals surface area contributed by atoms with Crippen molar-refractivity contribution in [3.05, 3.63) is 11.6 Å². The van der Waals surface area contributed by atoms with Gasteiger partial charge in [0.15, 0.2) is 0 Å². The summed E-state index contributed by atoms with van der Waals surface area (Å²) in [5.41, 5.74) is 1.60. The molecule has 0 heteroatoms. The van der Waals surface area contributed by atoms with E-state index in [2.05, 4.69) is 13.0 Å². The van der Waals surface area contributed by atoms with Crippen LogP contribution in [0.3, 0.4) is 0 Å². The predicted octanol–water partition coefficient (Wildman–Crippen LogP) is 2.90. The van der Waals surface area contributed by atoms with E-state index in [1.807, 2.05) is 0 Å². The van der Waals surface area contributed by atoms with Crippen molar-refractivity contribution in [2.45, 2.75) is 39.0 Å². The summed E-state index contributed by atoms with van der Waals surface area (Å²) in [5.74, 6) is 0. The van der Waals surface area contributed by atoms with Crippen LogP contribution < -0.4 is 0 Å². The molecule has 1 aliphatic rings. The molecule has 0 amide bonds. The highest BCUT2D eigenvalue weighted by Crippen LogP contribution is 2.15. The second kappa shape index (κ2) is 2.91. The van der Waals surface area contributed by atoms with Crippen LogP contribution in [0.5, 0.6) is 0 Å². The Labute approximate surface area is 51.6 Å². The standard InChI is InChI=1S/C8H14/c1-8-6-4-2-3-5-7-8/h6H,2-5,7H2,1H3. The molecule has 0 aromatic rings. The van der Waals surface area contributed by atoms with Crippen LogP contribution in [0.1, 0.15) is 39.0 Å². The Balaban J connectivity index is 2.36. The molecule has 0 heterocycles. The van der Waals surface area contributed by atoms with Gasteiger partial charge in [-0.25, -0.2) is 0 Å². The van der Waals surface area contributed by atoms with Crippen LogP contribution in [0.15, 0.2) is 11.6 Å². The second-order valence-corrected chi connectivity index (χ2v) is 2.65. The molecule has 1 rings (SSSR count). The Morgan fingerprint density at radius 2 is 2.12 bits per heavy atom. The highest BCUT2D eigenvalue weighted by atomic mass is 14.0. The van der Waals surface area contributed by atoms with E-state index in [1.165, 1.54) is 32.1 Å². The normalized spacial score (nSPS) is 21.9. The lowest BCUT2D eigenvalue weighted by Crippen LogP contribution is -1.71. The minimum Gasteiger partial charge on any atom is -0.0856 e. The van der Waals surface area contributed by atoms with E-state index in [4.69, 9.17) is 0 Å². The molecule has 0 atom stereocenters. The largest absolute Gasteiger partial charge is 0.0856 e. The summed E-state index contributed by atoms with van der Waals surface area (Å²) < 4.78 is 0. The molecule has 0 spiro atoms. The first-order chi connectivity index (χ1) is 3.89. The van der Waals surface area contributed by atoms with Gasteiger partial charge in [-0.15, -0.1) is 0 Å². The molecule has 1 aliphatic carbocycles. The topological polar surface area (TPSA) is 0 Å². The molecule has 0 aromatic carbocycles. The summed E-state index contributed by atoms with van der Waals surface area (Å²) in [4.78, 5) is 0. The monoisotopic (exact) mass is 110 g/mol. The van der Waals surface area contributed by atoms with E-state index in [0.717, 1.165) is 0 Å². The zero-order valence-electron chi connectivity index (χ0n) is 5.61. The molecular weight excluding hydrogens is 96.1 g/mol. The number of allylic oxidation sites excluding steroid dienone is 2. The van der Waals surface area contributed by atoms with Gasteiger partial charge >= 0.3 is 0 Å². The Morgan fingerprint density at radius 3 is 3.00 bits per heavy atom. The smallest absolute Gasteiger partial charge is 0.0323 e. The summed E-state index contributed by atoms with van der Waals surface area (Å²) in [6, 6.07) is 0. The SMILES string of the molecule is CC1=CCCCCC1. The Bertz CT molecular complexity index is 90.2. The zero-order chi connectivity index (χ0) is 5.82. The minimum atomic E-state index is 1.33. The minimum absolute atomic E-state index is 1.33. The van der Waals surface area contributed by atoms with Gasteiger partial charge in [-0.3, -0.25) is 0 Å². The van der Waals surface area contributed by atoms with Crippen LogP contribution in [0.25, 0.3) is 0 Å². The third-order valence-electron chi connectivity index (χ3n) is 1.77. The van der Waals surface area contributed by atoms with E-state index in [1.54, 1.807) is 5.57 Å². The van der Waals surface area contributed by atoms with Gasteiger partial charge in [0, 0.05) is 0 Å². The maximum atomic E-state index is 2.38. The van der Waals surface area contributed by atoms with Crippen molar-refractivity contribution in [3.8, 4) is 0 Å². The van der Waals surface area contributed by atoms with Gasteiger partial charge in [-0.2, -0.15) is 0 Å². The van der Waals surface area contributed by atoms with Crippen molar-refractivity contribution in [1.82, 2.24) is 0 Å². The first-order valence-electron chi connectivity index (χ1n) is 3.55. The Kier molecular flexibility index (Phi) is 2.13. The lowest BCUT2D eigenvalue weighted by molar-refractivity contribution is 0.711. The molecular formula is C8H14. The van der Waals surface area contributed by atoms with Crippen LogP contribution in [-0.4, -0.2) is 0 Å². The molecule has 8 heavy (non-hydrogen) atoms. The van der Waals surface area contributed by atoms with E-state index in [-0.39, 0.29) is 0 Å². The Hall–Kier alpha value is -0.260. The first-order valence-corrected chi connectivity index (χ1v) is 3.55. The molecule has 0 saturated heterocycles. The fraction of sp³-hybridized carbons (Fsp3) is 0.750. The molecule has 0 aromatic heterocycles. The summed E-state index contributed by atoms with van der Waals surface area (Å²) in [7, 11) is 0. The highest BCUT2D eigenvalue weighted by Gasteiger charge is 1.95. The van der Waals surface area contributed by atoms with Gasteiger partial charge in [-0.1, -0.05) is 18.1 Å². The van der Waals surface area contributed by atoms with Crippen molar-refractivity contribution < 1.29 is 0 Å². The predicted molar refractivity (Wildman–Crippen MR) is 36.8 cm³/mol. The van der Waals surface area contributed by atoms with Crippen molar-refractivity contribution in [2.24, 2.45) is 0 Å². The summed E-state index contributed by atoms with van der Waals surface area (Å²) >= 11 is 0. The fourth-order valence-corrected chi connectivity index (χ4v) is 1.18. The highest BCUT2D eigenvalue weighted by molar-refractivity contribution is 4.98. The fourth-order valence-electron chi connectivity index (χ4n) is 1.18. The van der Waals surface area contributed by atoms with Gasteiger partial charge in [0.1, 0.15) is 0 Å². The van der Waals surface area contributed by atoms with Crippen LogP contribution in [0, 0.1) is 0 Å².